The number of aromatic nitrogens is 1. The second kappa shape index (κ2) is 7.67. The average Bonchev–Trinajstić information content (AvgIpc) is 3.11. The molecule has 3 aromatic rings. The van der Waals surface area contributed by atoms with E-state index < -0.39 is 5.97 Å². The Morgan fingerprint density at radius 1 is 1.24 bits per heavy atom. The quantitative estimate of drug-likeness (QED) is 0.645. The summed E-state index contributed by atoms with van der Waals surface area (Å²) in [6, 6.07) is 14.4. The topological polar surface area (TPSA) is 84.1 Å². The van der Waals surface area contributed by atoms with Crippen molar-refractivity contribution in [3.05, 3.63) is 65.0 Å². The number of carbonyl (C=O) groups is 1. The molecule has 0 saturated carbocycles. The molecule has 0 aliphatic carbocycles. The van der Waals surface area contributed by atoms with Crippen LogP contribution in [0.5, 0.6) is 5.75 Å². The van der Waals surface area contributed by atoms with Crippen LogP contribution < -0.4 is 4.74 Å². The predicted molar refractivity (Wildman–Crippen MR) is 95.7 cm³/mol. The Morgan fingerprint density at radius 3 is 2.88 bits per heavy atom. The van der Waals surface area contributed by atoms with Gasteiger partial charge in [0.2, 0.25) is 5.13 Å². The second-order valence-corrected chi connectivity index (χ2v) is 5.95. The van der Waals surface area contributed by atoms with Crippen LogP contribution in [-0.4, -0.2) is 23.2 Å². The Hall–Kier alpha value is -3.06. The fraction of sp³-hybridized carbons (Fsp3) is 0.111. The third-order valence-corrected chi connectivity index (χ3v) is 4.23. The summed E-state index contributed by atoms with van der Waals surface area (Å²) in [5, 5.41) is 19.8. The lowest BCUT2D eigenvalue weighted by Gasteiger charge is -2.01. The lowest BCUT2D eigenvalue weighted by atomic mass is 10.1. The van der Waals surface area contributed by atoms with Crippen molar-refractivity contribution in [1.82, 2.24) is 4.98 Å². The summed E-state index contributed by atoms with van der Waals surface area (Å²) in [6.45, 7) is 0.191. The van der Waals surface area contributed by atoms with Gasteiger partial charge in [-0.1, -0.05) is 30.3 Å². The van der Waals surface area contributed by atoms with E-state index >= 15 is 0 Å². The molecule has 0 radical (unpaired) electrons. The lowest BCUT2D eigenvalue weighted by molar-refractivity contribution is 0.0695. The SMILES string of the molecule is COc1cccc(-c2csc(N=NCc3ccccc3C(=O)O)n2)c1. The summed E-state index contributed by atoms with van der Waals surface area (Å²) < 4.78 is 5.21. The smallest absolute Gasteiger partial charge is 0.336 e. The molecule has 1 aromatic heterocycles. The van der Waals surface area contributed by atoms with Gasteiger partial charge in [0.15, 0.2) is 0 Å². The van der Waals surface area contributed by atoms with Gasteiger partial charge in [-0.05, 0) is 23.8 Å². The zero-order valence-electron chi connectivity index (χ0n) is 13.4. The van der Waals surface area contributed by atoms with Crippen LogP contribution in [0.15, 0.2) is 64.1 Å². The number of azo groups is 1. The number of ether oxygens (including phenoxy) is 1. The number of methoxy groups -OCH3 is 1. The van der Waals surface area contributed by atoms with E-state index in [4.69, 9.17) is 9.84 Å². The van der Waals surface area contributed by atoms with Gasteiger partial charge in [-0.3, -0.25) is 0 Å². The minimum Gasteiger partial charge on any atom is -0.497 e. The fourth-order valence-corrected chi connectivity index (χ4v) is 2.93. The van der Waals surface area contributed by atoms with E-state index in [0.717, 1.165) is 17.0 Å². The molecule has 0 aliphatic heterocycles. The van der Waals surface area contributed by atoms with Crippen LogP contribution in [0.1, 0.15) is 15.9 Å². The number of carboxylic acid groups (broad SMARTS) is 1. The molecule has 0 spiro atoms. The Kier molecular flexibility index (Phi) is 5.15. The maximum atomic E-state index is 11.2. The van der Waals surface area contributed by atoms with Crippen molar-refractivity contribution in [2.45, 2.75) is 6.54 Å². The van der Waals surface area contributed by atoms with E-state index in [2.05, 4.69) is 15.2 Å². The summed E-state index contributed by atoms with van der Waals surface area (Å²) in [6.07, 6.45) is 0. The Labute approximate surface area is 148 Å². The first-order valence-electron chi connectivity index (χ1n) is 7.46. The molecule has 1 N–H and O–H groups in total. The summed E-state index contributed by atoms with van der Waals surface area (Å²) in [5.74, 6) is -0.209. The highest BCUT2D eigenvalue weighted by atomic mass is 32.1. The molecule has 3 rings (SSSR count). The van der Waals surface area contributed by atoms with E-state index in [1.165, 1.54) is 11.3 Å². The van der Waals surface area contributed by atoms with Gasteiger partial charge in [0.1, 0.15) is 5.75 Å². The zero-order chi connectivity index (χ0) is 17.6. The normalized spacial score (nSPS) is 10.9. The summed E-state index contributed by atoms with van der Waals surface area (Å²) in [5.41, 5.74) is 2.58. The highest BCUT2D eigenvalue weighted by molar-refractivity contribution is 7.13. The number of aromatic carboxylic acids is 1. The van der Waals surface area contributed by atoms with Gasteiger partial charge < -0.3 is 9.84 Å². The molecule has 6 nitrogen and oxygen atoms in total. The molecule has 126 valence electrons. The Morgan fingerprint density at radius 2 is 2.08 bits per heavy atom. The van der Waals surface area contributed by atoms with Crippen molar-refractivity contribution in [2.24, 2.45) is 10.2 Å². The molecule has 0 unspecified atom stereocenters. The van der Waals surface area contributed by atoms with Crippen LogP contribution >= 0.6 is 11.3 Å². The molecule has 25 heavy (non-hydrogen) atoms. The molecule has 7 heteroatoms. The molecule has 0 bridgehead atoms. The zero-order valence-corrected chi connectivity index (χ0v) is 14.2. The molecule has 0 atom stereocenters. The van der Waals surface area contributed by atoms with Crippen molar-refractivity contribution >= 4 is 22.4 Å². The number of hydrogen-bond acceptors (Lipinski definition) is 6. The minimum absolute atomic E-state index is 0.191. The standard InChI is InChI=1S/C18H15N3O3S/c1-24-14-7-4-6-12(9-14)16-11-25-18(20-16)21-19-10-13-5-2-3-8-15(13)17(22)23/h2-9,11H,10H2,1H3,(H,22,23). The van der Waals surface area contributed by atoms with Crippen LogP contribution in [0, 0.1) is 0 Å². The van der Waals surface area contributed by atoms with Crippen LogP contribution in [0.2, 0.25) is 0 Å². The summed E-state index contributed by atoms with van der Waals surface area (Å²) >= 11 is 1.37. The first-order valence-corrected chi connectivity index (χ1v) is 8.34. The Bertz CT molecular complexity index is 921. The first-order chi connectivity index (χ1) is 12.2. The largest absolute Gasteiger partial charge is 0.497 e. The van der Waals surface area contributed by atoms with Crippen LogP contribution in [-0.2, 0) is 6.54 Å². The van der Waals surface area contributed by atoms with E-state index in [9.17, 15) is 4.79 Å². The van der Waals surface area contributed by atoms with E-state index in [1.807, 2.05) is 29.6 Å². The number of carboxylic acids is 1. The van der Waals surface area contributed by atoms with Crippen molar-refractivity contribution < 1.29 is 14.6 Å². The molecule has 1 heterocycles. The molecule has 0 aliphatic rings. The monoisotopic (exact) mass is 353 g/mol. The van der Waals surface area contributed by atoms with Crippen LogP contribution in [0.4, 0.5) is 5.13 Å². The number of benzene rings is 2. The minimum atomic E-state index is -0.972. The van der Waals surface area contributed by atoms with Crippen molar-refractivity contribution in [2.75, 3.05) is 7.11 Å². The molecule has 0 fully saturated rings. The number of nitrogens with zero attached hydrogens (tertiary/aromatic N) is 3. The third-order valence-electron chi connectivity index (χ3n) is 3.50. The van der Waals surface area contributed by atoms with Gasteiger partial charge in [0.25, 0.3) is 0 Å². The van der Waals surface area contributed by atoms with Gasteiger partial charge in [-0.2, -0.15) is 5.11 Å². The van der Waals surface area contributed by atoms with Gasteiger partial charge >= 0.3 is 5.97 Å². The van der Waals surface area contributed by atoms with E-state index in [-0.39, 0.29) is 12.1 Å². The van der Waals surface area contributed by atoms with Gasteiger partial charge in [0, 0.05) is 10.9 Å². The highest BCUT2D eigenvalue weighted by Gasteiger charge is 2.08. The maximum Gasteiger partial charge on any atom is 0.336 e. The van der Waals surface area contributed by atoms with Crippen LogP contribution in [0.25, 0.3) is 11.3 Å². The number of thiazole rings is 1. The van der Waals surface area contributed by atoms with Crippen LogP contribution in [0.3, 0.4) is 0 Å². The third kappa shape index (κ3) is 4.07. The summed E-state index contributed by atoms with van der Waals surface area (Å²) in [7, 11) is 1.62. The van der Waals surface area contributed by atoms with Gasteiger partial charge in [0.05, 0.1) is 24.9 Å². The molecule has 2 aromatic carbocycles. The lowest BCUT2D eigenvalue weighted by Crippen LogP contribution is -2.00. The number of rotatable bonds is 6. The fourth-order valence-electron chi connectivity index (χ4n) is 2.26. The number of hydrogen-bond donors (Lipinski definition) is 1. The highest BCUT2D eigenvalue weighted by Crippen LogP contribution is 2.29. The first kappa shape index (κ1) is 16.8. The molecular formula is C18H15N3O3S. The predicted octanol–water partition coefficient (Wildman–Crippen LogP) is 4.80. The average molecular weight is 353 g/mol. The summed E-state index contributed by atoms with van der Waals surface area (Å²) in [4.78, 5) is 15.6. The molecule has 0 amide bonds. The van der Waals surface area contributed by atoms with Gasteiger partial charge in [-0.25, -0.2) is 9.78 Å². The van der Waals surface area contributed by atoms with Crippen molar-refractivity contribution in [3.8, 4) is 17.0 Å². The van der Waals surface area contributed by atoms with E-state index in [1.54, 1.807) is 31.4 Å². The molecule has 0 saturated heterocycles. The van der Waals surface area contributed by atoms with Crippen molar-refractivity contribution in [1.29, 1.82) is 0 Å². The second-order valence-electron chi connectivity index (χ2n) is 5.11. The van der Waals surface area contributed by atoms with E-state index in [0.29, 0.717) is 10.7 Å². The molecular weight excluding hydrogens is 338 g/mol. The van der Waals surface area contributed by atoms with Crippen molar-refractivity contribution in [3.63, 3.8) is 0 Å². The maximum absolute atomic E-state index is 11.2. The van der Waals surface area contributed by atoms with Gasteiger partial charge in [-0.15, -0.1) is 16.5 Å². The Balaban J connectivity index is 1.73.